The second-order valence-corrected chi connectivity index (χ2v) is 11.8. The van der Waals surface area contributed by atoms with E-state index in [-0.39, 0.29) is 23.5 Å². The average Bonchev–Trinajstić information content (AvgIpc) is 2.36. The number of aliphatic hydroxyl groups is 1. The Bertz CT molecular complexity index is 330. The Hall–Kier alpha value is -0.393. The monoisotopic (exact) mass is 274 g/mol. The maximum atomic E-state index is 11.3. The molecule has 1 aliphatic heterocycles. The summed E-state index contributed by atoms with van der Waals surface area (Å²) < 4.78 is 11.4. The van der Waals surface area contributed by atoms with Gasteiger partial charge >= 0.3 is 5.97 Å². The lowest BCUT2D eigenvalue weighted by Gasteiger charge is -2.40. The molecule has 0 spiro atoms. The highest BCUT2D eigenvalue weighted by Gasteiger charge is 2.49. The van der Waals surface area contributed by atoms with E-state index in [1.54, 1.807) is 6.92 Å². The van der Waals surface area contributed by atoms with Crippen LogP contribution in [0.5, 0.6) is 0 Å². The molecule has 106 valence electrons. The molecule has 0 bridgehead atoms. The van der Waals surface area contributed by atoms with Crippen LogP contribution in [0.1, 0.15) is 41.0 Å². The molecular weight excluding hydrogens is 248 g/mol. The van der Waals surface area contributed by atoms with Gasteiger partial charge in [-0.15, -0.1) is 0 Å². The second-order valence-electron chi connectivity index (χ2n) is 7.03. The number of cyclic esters (lactones) is 1. The number of carbonyl (C=O) groups excluding carboxylic acids is 1. The smallest absolute Gasteiger partial charge is 0.309 e. The molecule has 4 nitrogen and oxygen atoms in total. The first kappa shape index (κ1) is 15.7. The van der Waals surface area contributed by atoms with Gasteiger partial charge in [0.1, 0.15) is 5.60 Å². The van der Waals surface area contributed by atoms with E-state index in [1.165, 1.54) is 0 Å². The van der Waals surface area contributed by atoms with Gasteiger partial charge in [0, 0.05) is 0 Å². The van der Waals surface area contributed by atoms with E-state index in [2.05, 4.69) is 33.9 Å². The fraction of sp³-hybridized carbons (Fsp3) is 0.923. The van der Waals surface area contributed by atoms with Crippen molar-refractivity contribution in [2.45, 2.75) is 77.0 Å². The van der Waals surface area contributed by atoms with E-state index in [0.29, 0.717) is 0 Å². The molecule has 1 aliphatic rings. The van der Waals surface area contributed by atoms with Crippen LogP contribution in [0.2, 0.25) is 18.1 Å². The van der Waals surface area contributed by atoms with Gasteiger partial charge in [0.2, 0.25) is 0 Å². The summed E-state index contributed by atoms with van der Waals surface area (Å²) in [6.45, 7) is 14.3. The number of ether oxygens (including phenoxy) is 1. The quantitative estimate of drug-likeness (QED) is 0.634. The van der Waals surface area contributed by atoms with Gasteiger partial charge in [0.15, 0.2) is 14.4 Å². The normalized spacial score (nSPS) is 31.3. The molecule has 1 heterocycles. The molecule has 0 aromatic carbocycles. The maximum Gasteiger partial charge on any atom is 0.309 e. The van der Waals surface area contributed by atoms with Crippen molar-refractivity contribution in [1.29, 1.82) is 0 Å². The van der Waals surface area contributed by atoms with Crippen molar-refractivity contribution in [3.05, 3.63) is 0 Å². The van der Waals surface area contributed by atoms with E-state index in [9.17, 15) is 9.90 Å². The molecule has 1 saturated heterocycles. The van der Waals surface area contributed by atoms with Crippen LogP contribution in [0.15, 0.2) is 0 Å². The third kappa shape index (κ3) is 3.13. The molecular formula is C13H26O4Si. The number of esters is 1. The van der Waals surface area contributed by atoms with Crippen LogP contribution in [0, 0.1) is 0 Å². The first-order chi connectivity index (χ1) is 7.87. The third-order valence-electron chi connectivity index (χ3n) is 4.09. The highest BCUT2D eigenvalue weighted by atomic mass is 28.4. The minimum Gasteiger partial charge on any atom is -0.456 e. The Morgan fingerprint density at radius 1 is 1.50 bits per heavy atom. The number of hydrogen-bond acceptors (Lipinski definition) is 4. The van der Waals surface area contributed by atoms with Gasteiger partial charge in [0.05, 0.1) is 12.5 Å². The van der Waals surface area contributed by atoms with Crippen molar-refractivity contribution in [2.24, 2.45) is 0 Å². The predicted octanol–water partition coefficient (Wildman–Crippen LogP) is 2.46. The van der Waals surface area contributed by atoms with Gasteiger partial charge in [-0.3, -0.25) is 4.79 Å². The molecule has 1 rings (SSSR count). The molecule has 0 radical (unpaired) electrons. The van der Waals surface area contributed by atoms with Crippen molar-refractivity contribution in [3.8, 4) is 0 Å². The molecule has 0 aromatic rings. The van der Waals surface area contributed by atoms with Crippen molar-refractivity contribution < 1.29 is 19.1 Å². The Morgan fingerprint density at radius 2 is 2.00 bits per heavy atom. The molecule has 1 N–H and O–H groups in total. The van der Waals surface area contributed by atoms with E-state index >= 15 is 0 Å². The first-order valence-electron chi connectivity index (χ1n) is 6.46. The lowest BCUT2D eigenvalue weighted by atomic mass is 9.95. The summed E-state index contributed by atoms with van der Waals surface area (Å²) in [4.78, 5) is 11.3. The van der Waals surface area contributed by atoms with Crippen LogP contribution < -0.4 is 0 Å². The van der Waals surface area contributed by atoms with Gasteiger partial charge in [-0.05, 0) is 32.0 Å². The molecule has 0 aliphatic carbocycles. The number of rotatable bonds is 3. The molecule has 18 heavy (non-hydrogen) atoms. The van der Waals surface area contributed by atoms with Gasteiger partial charge in [-0.2, -0.15) is 0 Å². The Morgan fingerprint density at radius 3 is 2.33 bits per heavy atom. The Balaban J connectivity index is 2.78. The first-order valence-corrected chi connectivity index (χ1v) is 9.37. The minimum atomic E-state index is -1.92. The lowest BCUT2D eigenvalue weighted by Crippen LogP contribution is -2.50. The molecule has 1 unspecified atom stereocenters. The summed E-state index contributed by atoms with van der Waals surface area (Å²) >= 11 is 0. The number of carbonyl (C=O) groups is 1. The molecule has 1 fully saturated rings. The molecule has 0 amide bonds. The summed E-state index contributed by atoms with van der Waals surface area (Å²) in [6, 6.07) is 0. The van der Waals surface area contributed by atoms with E-state index in [4.69, 9.17) is 9.16 Å². The summed E-state index contributed by atoms with van der Waals surface area (Å²) in [6.07, 6.45) is -0.811. The van der Waals surface area contributed by atoms with E-state index in [0.717, 1.165) is 0 Å². The molecule has 0 aromatic heterocycles. The fourth-order valence-corrected chi connectivity index (χ4v) is 3.41. The largest absolute Gasteiger partial charge is 0.456 e. The summed E-state index contributed by atoms with van der Waals surface area (Å²) in [5, 5.41) is 10.3. The molecule has 0 saturated carbocycles. The van der Waals surface area contributed by atoms with Crippen LogP contribution in [0.4, 0.5) is 0 Å². The SMILES string of the molecule is C[C@H](O[Si](C)(C)C(C)(C)C)[C@@H]1OC(=O)CC1(C)O. The minimum absolute atomic E-state index is 0.0445. The zero-order valence-electron chi connectivity index (χ0n) is 12.5. The predicted molar refractivity (Wildman–Crippen MR) is 72.9 cm³/mol. The Labute approximate surface area is 111 Å². The Kier molecular flexibility index (Phi) is 4.02. The zero-order chi connectivity index (χ0) is 14.4. The molecule has 3 atom stereocenters. The lowest BCUT2D eigenvalue weighted by molar-refractivity contribution is -0.147. The van der Waals surface area contributed by atoms with Crippen molar-refractivity contribution in [3.63, 3.8) is 0 Å². The summed E-state index contributed by atoms with van der Waals surface area (Å²) in [5.74, 6) is -0.351. The van der Waals surface area contributed by atoms with Crippen LogP contribution in [-0.4, -0.2) is 37.2 Å². The topological polar surface area (TPSA) is 55.8 Å². The van der Waals surface area contributed by atoms with Gasteiger partial charge in [-0.1, -0.05) is 20.8 Å². The van der Waals surface area contributed by atoms with Gasteiger partial charge in [0.25, 0.3) is 0 Å². The van der Waals surface area contributed by atoms with Crippen LogP contribution in [-0.2, 0) is 14.0 Å². The standard InChI is InChI=1S/C13H26O4Si/c1-9(17-18(6,7)12(2,3)4)11-13(5,15)8-10(14)16-11/h9,11,15H,8H2,1-7H3/t9-,11-,13?/m0/s1. The van der Waals surface area contributed by atoms with Crippen molar-refractivity contribution in [1.82, 2.24) is 0 Å². The van der Waals surface area contributed by atoms with Crippen LogP contribution >= 0.6 is 0 Å². The highest BCUT2D eigenvalue weighted by Crippen LogP contribution is 2.39. The van der Waals surface area contributed by atoms with Crippen LogP contribution in [0.25, 0.3) is 0 Å². The number of hydrogen-bond donors (Lipinski definition) is 1. The summed E-state index contributed by atoms with van der Waals surface area (Å²) in [7, 11) is -1.92. The average molecular weight is 274 g/mol. The van der Waals surface area contributed by atoms with Crippen LogP contribution in [0.3, 0.4) is 0 Å². The third-order valence-corrected chi connectivity index (χ3v) is 8.66. The van der Waals surface area contributed by atoms with Crippen molar-refractivity contribution >= 4 is 14.3 Å². The van der Waals surface area contributed by atoms with Gasteiger partial charge in [-0.25, -0.2) is 0 Å². The van der Waals surface area contributed by atoms with Gasteiger partial charge < -0.3 is 14.3 Å². The zero-order valence-corrected chi connectivity index (χ0v) is 13.5. The highest BCUT2D eigenvalue weighted by molar-refractivity contribution is 6.74. The fourth-order valence-electron chi connectivity index (χ4n) is 2.01. The van der Waals surface area contributed by atoms with E-state index in [1.807, 2.05) is 6.92 Å². The second kappa shape index (κ2) is 4.61. The molecule has 5 heteroatoms. The van der Waals surface area contributed by atoms with E-state index < -0.39 is 20.0 Å². The maximum absolute atomic E-state index is 11.3. The summed E-state index contributed by atoms with van der Waals surface area (Å²) in [5.41, 5.74) is -1.13. The van der Waals surface area contributed by atoms with Crippen molar-refractivity contribution in [2.75, 3.05) is 0 Å².